The van der Waals surface area contributed by atoms with Crippen LogP contribution in [0, 0.1) is 0 Å². The molecule has 0 saturated heterocycles. The highest BCUT2D eigenvalue weighted by Crippen LogP contribution is 2.47. The van der Waals surface area contributed by atoms with Gasteiger partial charge in [0.2, 0.25) is 0 Å². The predicted octanol–water partition coefficient (Wildman–Crippen LogP) is 18.4. The number of anilines is 3. The van der Waals surface area contributed by atoms with Crippen molar-refractivity contribution in [2.75, 3.05) is 4.90 Å². The topological polar surface area (TPSA) is 8.17 Å². The molecule has 68 heavy (non-hydrogen) atoms. The van der Waals surface area contributed by atoms with Crippen LogP contribution < -0.4 is 4.90 Å². The Hall–Kier alpha value is -8.98. The van der Waals surface area contributed by atoms with Crippen molar-refractivity contribution in [1.82, 2.24) is 4.57 Å². The largest absolute Gasteiger partial charge is 0.310 e. The molecule has 1 heterocycles. The molecule has 0 unspecified atom stereocenters. The Balaban J connectivity index is 0.999. The van der Waals surface area contributed by atoms with Gasteiger partial charge in [-0.2, -0.15) is 0 Å². The zero-order chi connectivity index (χ0) is 45.0. The maximum atomic E-state index is 2.43. The molecule has 0 aliphatic carbocycles. The molecule has 318 valence electrons. The Morgan fingerprint density at radius 1 is 0.265 bits per heavy atom. The highest BCUT2D eigenvalue weighted by atomic mass is 15.1. The number of hydrogen-bond acceptors (Lipinski definition) is 1. The Bertz CT molecular complexity index is 4000. The molecular weight excluding hydrogens is 821 g/mol. The van der Waals surface area contributed by atoms with E-state index in [9.17, 15) is 0 Å². The third-order valence-electron chi connectivity index (χ3n) is 13.7. The molecule has 12 aromatic carbocycles. The number of para-hydroxylation sites is 2. The van der Waals surface area contributed by atoms with Crippen molar-refractivity contribution >= 4 is 71.2 Å². The SMILES string of the molecule is c1ccc(-c2ccccc2N(c2ccc(-c3ccc4c(c3)c(-c3ccccc3)c(-c3ccccc3)c3ccccc34)cc2)c2ccc3c4ccccc4n(-c4ccc5ccccc5c4)c3c2)cc1. The molecule has 2 nitrogen and oxygen atoms in total. The molecule has 13 rings (SSSR count). The molecule has 0 N–H and O–H groups in total. The van der Waals surface area contributed by atoms with Crippen LogP contribution in [0.15, 0.2) is 267 Å². The van der Waals surface area contributed by atoms with Crippen molar-refractivity contribution < 1.29 is 0 Å². The fraction of sp³-hybridized carbons (Fsp3) is 0. The van der Waals surface area contributed by atoms with Gasteiger partial charge in [0, 0.05) is 33.4 Å². The molecule has 0 atom stereocenters. The van der Waals surface area contributed by atoms with Crippen LogP contribution >= 0.6 is 0 Å². The first-order valence-electron chi connectivity index (χ1n) is 23.4. The number of rotatable bonds is 8. The summed E-state index contributed by atoms with van der Waals surface area (Å²) in [6.45, 7) is 0. The molecule has 0 aliphatic rings. The molecule has 0 aliphatic heterocycles. The zero-order valence-corrected chi connectivity index (χ0v) is 37.3. The minimum Gasteiger partial charge on any atom is -0.310 e. The van der Waals surface area contributed by atoms with Gasteiger partial charge in [-0.3, -0.25) is 0 Å². The first-order chi connectivity index (χ1) is 33.7. The van der Waals surface area contributed by atoms with E-state index in [4.69, 9.17) is 0 Å². The second kappa shape index (κ2) is 16.5. The van der Waals surface area contributed by atoms with E-state index >= 15 is 0 Å². The highest BCUT2D eigenvalue weighted by Gasteiger charge is 2.22. The summed E-state index contributed by atoms with van der Waals surface area (Å²) in [6.07, 6.45) is 0. The lowest BCUT2D eigenvalue weighted by molar-refractivity contribution is 1.18. The second-order valence-corrected chi connectivity index (χ2v) is 17.6. The smallest absolute Gasteiger partial charge is 0.0561 e. The van der Waals surface area contributed by atoms with Crippen molar-refractivity contribution in [2.24, 2.45) is 0 Å². The molecular formula is C66H44N2. The summed E-state index contributed by atoms with van der Waals surface area (Å²) in [5.41, 5.74) is 16.4. The summed E-state index contributed by atoms with van der Waals surface area (Å²) in [5.74, 6) is 0. The van der Waals surface area contributed by atoms with Crippen LogP contribution in [-0.4, -0.2) is 4.57 Å². The maximum Gasteiger partial charge on any atom is 0.0561 e. The minimum atomic E-state index is 1.08. The fourth-order valence-electron chi connectivity index (χ4n) is 10.6. The summed E-state index contributed by atoms with van der Waals surface area (Å²) >= 11 is 0. The Morgan fingerprint density at radius 3 is 1.54 bits per heavy atom. The summed E-state index contributed by atoms with van der Waals surface area (Å²) in [4.78, 5) is 2.43. The molecule has 0 spiro atoms. The fourth-order valence-corrected chi connectivity index (χ4v) is 10.6. The van der Waals surface area contributed by atoms with Gasteiger partial charge in [-0.15, -0.1) is 0 Å². The normalized spacial score (nSPS) is 11.5. The number of benzene rings is 12. The van der Waals surface area contributed by atoms with Gasteiger partial charge < -0.3 is 9.47 Å². The van der Waals surface area contributed by atoms with Gasteiger partial charge in [0.05, 0.1) is 16.7 Å². The Kier molecular flexibility index (Phi) is 9.54. The van der Waals surface area contributed by atoms with Gasteiger partial charge in [-0.25, -0.2) is 0 Å². The monoisotopic (exact) mass is 864 g/mol. The van der Waals surface area contributed by atoms with E-state index in [2.05, 4.69) is 276 Å². The molecule has 0 bridgehead atoms. The lowest BCUT2D eigenvalue weighted by Gasteiger charge is -2.28. The first kappa shape index (κ1) is 39.4. The molecule has 0 amide bonds. The van der Waals surface area contributed by atoms with Crippen LogP contribution in [0.3, 0.4) is 0 Å². The van der Waals surface area contributed by atoms with Crippen molar-refractivity contribution in [1.29, 1.82) is 0 Å². The number of aromatic nitrogens is 1. The number of hydrogen-bond donors (Lipinski definition) is 0. The van der Waals surface area contributed by atoms with E-state index in [-0.39, 0.29) is 0 Å². The third kappa shape index (κ3) is 6.65. The van der Waals surface area contributed by atoms with Crippen molar-refractivity contribution in [3.05, 3.63) is 267 Å². The van der Waals surface area contributed by atoms with Crippen LogP contribution in [0.2, 0.25) is 0 Å². The van der Waals surface area contributed by atoms with E-state index in [1.807, 2.05) is 0 Å². The second-order valence-electron chi connectivity index (χ2n) is 17.6. The van der Waals surface area contributed by atoms with E-state index in [0.717, 1.165) is 39.4 Å². The van der Waals surface area contributed by atoms with Gasteiger partial charge in [0.1, 0.15) is 0 Å². The summed E-state index contributed by atoms with van der Waals surface area (Å²) in [7, 11) is 0. The van der Waals surface area contributed by atoms with Gasteiger partial charge in [0.15, 0.2) is 0 Å². The average molecular weight is 865 g/mol. The minimum absolute atomic E-state index is 1.08. The summed E-state index contributed by atoms with van der Waals surface area (Å²) < 4.78 is 2.43. The third-order valence-corrected chi connectivity index (χ3v) is 13.7. The van der Waals surface area contributed by atoms with Gasteiger partial charge in [0.25, 0.3) is 0 Å². The predicted molar refractivity (Wildman–Crippen MR) is 290 cm³/mol. The van der Waals surface area contributed by atoms with Crippen molar-refractivity contribution in [3.63, 3.8) is 0 Å². The van der Waals surface area contributed by atoms with E-state index < -0.39 is 0 Å². The molecule has 2 heteroatoms. The average Bonchev–Trinajstić information content (AvgIpc) is 3.75. The molecule has 0 radical (unpaired) electrons. The zero-order valence-electron chi connectivity index (χ0n) is 37.3. The van der Waals surface area contributed by atoms with Crippen LogP contribution in [0.1, 0.15) is 0 Å². The number of nitrogens with zero attached hydrogens (tertiary/aromatic N) is 2. The van der Waals surface area contributed by atoms with Crippen LogP contribution in [0.5, 0.6) is 0 Å². The molecule has 13 aromatic rings. The summed E-state index contributed by atoms with van der Waals surface area (Å²) in [6, 6.07) is 97.5. The molecule has 1 aromatic heterocycles. The Morgan fingerprint density at radius 2 is 0.794 bits per heavy atom. The van der Waals surface area contributed by atoms with Crippen LogP contribution in [-0.2, 0) is 0 Å². The van der Waals surface area contributed by atoms with Gasteiger partial charge in [-0.1, -0.05) is 212 Å². The Labute approximate surface area is 395 Å². The van der Waals surface area contributed by atoms with Crippen LogP contribution in [0.25, 0.3) is 104 Å². The highest BCUT2D eigenvalue weighted by molar-refractivity contribution is 6.22. The maximum absolute atomic E-state index is 2.43. The lowest BCUT2D eigenvalue weighted by atomic mass is 9.84. The number of fused-ring (bicyclic) bond motifs is 7. The van der Waals surface area contributed by atoms with Gasteiger partial charge >= 0.3 is 0 Å². The molecule has 0 fully saturated rings. The summed E-state index contributed by atoms with van der Waals surface area (Å²) in [5, 5.41) is 9.91. The molecule has 0 saturated carbocycles. The van der Waals surface area contributed by atoms with E-state index in [1.165, 1.54) is 82.0 Å². The quantitative estimate of drug-likeness (QED) is 0.138. The van der Waals surface area contributed by atoms with Crippen molar-refractivity contribution in [2.45, 2.75) is 0 Å². The van der Waals surface area contributed by atoms with Crippen LogP contribution in [0.4, 0.5) is 17.1 Å². The van der Waals surface area contributed by atoms with E-state index in [1.54, 1.807) is 0 Å². The van der Waals surface area contributed by atoms with E-state index in [0.29, 0.717) is 0 Å². The lowest BCUT2D eigenvalue weighted by Crippen LogP contribution is -2.11. The first-order valence-corrected chi connectivity index (χ1v) is 23.4. The standard InChI is InChI=1S/C66H44N2/c1-4-19-47(20-5-1)55-26-14-16-30-62(55)67(54-39-41-59-58-28-15-17-31-63(58)68(64(59)44-54)53-38-34-45-18-10-11-25-50(45)42-53)52-36-32-46(33-37-52)51-35-40-57-56-27-12-13-29-60(56)65(48-21-6-2-7-22-48)66(61(57)43-51)49-23-8-3-9-24-49/h1-44H. The van der Waals surface area contributed by atoms with Crippen molar-refractivity contribution in [3.8, 4) is 50.2 Å². The van der Waals surface area contributed by atoms with Gasteiger partial charge in [-0.05, 0) is 126 Å².